The minimum Gasteiger partial charge on any atom is -0.504 e. The Morgan fingerprint density at radius 3 is 1.72 bits per heavy atom. The highest BCUT2D eigenvalue weighted by Gasteiger charge is 2.23. The normalized spacial score (nSPS) is 11.8. The van der Waals surface area contributed by atoms with Gasteiger partial charge in [0.2, 0.25) is 0 Å². The van der Waals surface area contributed by atoms with Gasteiger partial charge in [-0.1, -0.05) is 24.3 Å². The molecule has 0 aromatic heterocycles. The number of carbonyl (C=O) groups excluding carboxylic acids is 3. The summed E-state index contributed by atoms with van der Waals surface area (Å²) >= 11 is 1.53. The zero-order valence-electron chi connectivity index (χ0n) is 25.1. The number of amides is 1. The molecule has 234 valence electrons. The van der Waals surface area contributed by atoms with Crippen molar-refractivity contribution >= 4 is 47.5 Å². The number of hydrogen-bond acceptors (Lipinski definition) is 10. The number of hydrogen-bond donors (Lipinski definition) is 4. The van der Waals surface area contributed by atoms with Crippen LogP contribution in [0.1, 0.15) is 44.7 Å². The molecule has 1 amide bonds. The summed E-state index contributed by atoms with van der Waals surface area (Å²) < 4.78 is 15.0. The molecular formula is C31H39NO10S. The second-order valence-corrected chi connectivity index (χ2v) is 10.9. The van der Waals surface area contributed by atoms with Crippen LogP contribution in [0.4, 0.5) is 4.79 Å². The second-order valence-electron chi connectivity index (χ2n) is 9.96. The lowest BCUT2D eigenvalue weighted by atomic mass is 10.1. The topological polar surface area (TPSA) is 169 Å². The Bertz CT molecular complexity index is 1240. The fourth-order valence-corrected chi connectivity index (χ4v) is 3.68. The van der Waals surface area contributed by atoms with Gasteiger partial charge in [-0.15, -0.1) is 0 Å². The van der Waals surface area contributed by atoms with Crippen LogP contribution < -0.4 is 14.8 Å². The number of allylic oxidation sites excluding steroid dienone is 2. The van der Waals surface area contributed by atoms with E-state index in [1.165, 1.54) is 50.3 Å². The van der Waals surface area contributed by atoms with E-state index in [4.69, 9.17) is 19.3 Å². The molecule has 0 saturated carbocycles. The smallest absolute Gasteiger partial charge is 0.408 e. The van der Waals surface area contributed by atoms with Gasteiger partial charge in [-0.2, -0.15) is 11.8 Å². The molecule has 43 heavy (non-hydrogen) atoms. The molecule has 0 saturated heterocycles. The molecule has 1 unspecified atom stereocenters. The first kappa shape index (κ1) is 36.6. The monoisotopic (exact) mass is 617 g/mol. The van der Waals surface area contributed by atoms with Crippen molar-refractivity contribution in [1.82, 2.24) is 5.32 Å². The number of nitrogens with one attached hydrogen (secondary N) is 1. The summed E-state index contributed by atoms with van der Waals surface area (Å²) in [6.45, 7) is 5.18. The van der Waals surface area contributed by atoms with Crippen molar-refractivity contribution in [3.63, 3.8) is 0 Å². The number of ether oxygens (including phenoxy) is 3. The second kappa shape index (κ2) is 18.2. The van der Waals surface area contributed by atoms with Crippen LogP contribution in [0.15, 0.2) is 48.6 Å². The van der Waals surface area contributed by atoms with Crippen molar-refractivity contribution in [2.24, 2.45) is 0 Å². The van der Waals surface area contributed by atoms with Crippen molar-refractivity contribution in [2.45, 2.75) is 45.3 Å². The number of alkyl carbamates (subject to hydrolysis) is 1. The van der Waals surface area contributed by atoms with Crippen molar-refractivity contribution < 1.29 is 48.7 Å². The van der Waals surface area contributed by atoms with Gasteiger partial charge < -0.3 is 34.8 Å². The van der Waals surface area contributed by atoms with E-state index in [1.807, 2.05) is 6.26 Å². The number of carboxylic acids is 1. The maximum absolute atomic E-state index is 11.9. The SMILES string of the molecule is COc1cc(/C=C/C(=O)CC(=O)/C=C/c2ccc(O)c(OC)c2)ccc1O.CSCCC(NC(=O)OC(C)(C)C)C(=O)O. The predicted molar refractivity (Wildman–Crippen MR) is 166 cm³/mol. The molecule has 0 heterocycles. The Morgan fingerprint density at radius 1 is 0.884 bits per heavy atom. The number of rotatable bonds is 13. The van der Waals surface area contributed by atoms with Crippen LogP contribution in [0.2, 0.25) is 0 Å². The van der Waals surface area contributed by atoms with Gasteiger partial charge in [0.15, 0.2) is 34.6 Å². The number of benzene rings is 2. The molecule has 0 bridgehead atoms. The first-order valence-corrected chi connectivity index (χ1v) is 14.5. The summed E-state index contributed by atoms with van der Waals surface area (Å²) in [4.78, 5) is 46.0. The Hall–Kier alpha value is -4.45. The molecular weight excluding hydrogens is 578 g/mol. The minimum absolute atomic E-state index is 0.00662. The number of phenolic OH excluding ortho intramolecular Hbond substituents is 2. The molecule has 0 aliphatic rings. The number of carbonyl (C=O) groups is 4. The Balaban J connectivity index is 0.000000496. The van der Waals surface area contributed by atoms with Crippen LogP contribution in [-0.2, 0) is 19.1 Å². The summed E-state index contributed by atoms with van der Waals surface area (Å²) in [5.74, 6) is -0.452. The lowest BCUT2D eigenvalue weighted by Crippen LogP contribution is -2.43. The van der Waals surface area contributed by atoms with Crippen LogP contribution in [0, 0.1) is 0 Å². The summed E-state index contributed by atoms with van der Waals surface area (Å²) in [7, 11) is 2.87. The zero-order chi connectivity index (χ0) is 32.6. The van der Waals surface area contributed by atoms with Gasteiger partial charge in [-0.25, -0.2) is 9.59 Å². The van der Waals surface area contributed by atoms with Gasteiger partial charge in [-0.3, -0.25) is 9.59 Å². The third kappa shape index (κ3) is 14.8. The largest absolute Gasteiger partial charge is 0.504 e. The number of methoxy groups -OCH3 is 2. The molecule has 0 spiro atoms. The van der Waals surface area contributed by atoms with Gasteiger partial charge in [0, 0.05) is 0 Å². The van der Waals surface area contributed by atoms with E-state index < -0.39 is 23.7 Å². The fraction of sp³-hybridized carbons (Fsp3) is 0.355. The number of aliphatic carboxylic acids is 1. The van der Waals surface area contributed by atoms with Crippen molar-refractivity contribution in [3.05, 3.63) is 59.7 Å². The predicted octanol–water partition coefficient (Wildman–Crippen LogP) is 5.09. The average molecular weight is 618 g/mol. The lowest BCUT2D eigenvalue weighted by molar-refractivity contribution is -0.139. The molecule has 0 aliphatic carbocycles. The van der Waals surface area contributed by atoms with E-state index in [1.54, 1.807) is 57.2 Å². The number of carboxylic acid groups (broad SMARTS) is 1. The number of phenols is 2. The van der Waals surface area contributed by atoms with Crippen molar-refractivity contribution in [3.8, 4) is 23.0 Å². The lowest BCUT2D eigenvalue weighted by Gasteiger charge is -2.21. The first-order chi connectivity index (χ1) is 20.2. The van der Waals surface area contributed by atoms with E-state index >= 15 is 0 Å². The molecule has 4 N–H and O–H groups in total. The Labute approximate surface area is 255 Å². The van der Waals surface area contributed by atoms with Crippen molar-refractivity contribution in [2.75, 3.05) is 26.2 Å². The zero-order valence-corrected chi connectivity index (χ0v) is 25.9. The molecule has 1 atom stereocenters. The highest BCUT2D eigenvalue weighted by atomic mass is 32.2. The Kier molecular flexibility index (Phi) is 15.5. The molecule has 2 rings (SSSR count). The highest BCUT2D eigenvalue weighted by molar-refractivity contribution is 7.98. The molecule has 2 aromatic carbocycles. The molecule has 11 nitrogen and oxygen atoms in total. The summed E-state index contributed by atoms with van der Waals surface area (Å²) in [5, 5.41) is 30.3. The summed E-state index contributed by atoms with van der Waals surface area (Å²) in [5.41, 5.74) is 0.710. The van der Waals surface area contributed by atoms with Gasteiger partial charge in [0.05, 0.1) is 20.6 Å². The molecule has 0 aliphatic heterocycles. The fourth-order valence-electron chi connectivity index (χ4n) is 3.21. The standard InChI is InChI=1S/C21H20O6.C10H19NO4S/c1-26-20-11-14(5-9-18(20)24)3-7-16(22)13-17(23)8-4-15-6-10-19(25)21(12-15)27-2;1-10(2,3)15-9(14)11-7(8(12)13)5-6-16-4/h3-12,24-25H,13H2,1-2H3;7H,5-6H2,1-4H3,(H,11,14)(H,12,13)/b7-3+,8-4+;. The third-order valence-electron chi connectivity index (χ3n) is 5.28. The maximum atomic E-state index is 11.9. The number of ketones is 2. The number of aromatic hydroxyl groups is 2. The summed E-state index contributed by atoms with van der Waals surface area (Å²) in [6, 6.07) is 8.45. The van der Waals surface area contributed by atoms with Crippen LogP contribution in [-0.4, -0.2) is 76.8 Å². The third-order valence-corrected chi connectivity index (χ3v) is 5.92. The summed E-state index contributed by atoms with van der Waals surface area (Å²) in [6.07, 6.45) is 7.01. The van der Waals surface area contributed by atoms with Gasteiger partial charge in [0.25, 0.3) is 0 Å². The van der Waals surface area contributed by atoms with E-state index in [0.29, 0.717) is 34.8 Å². The highest BCUT2D eigenvalue weighted by Crippen LogP contribution is 2.27. The van der Waals surface area contributed by atoms with E-state index in [0.717, 1.165) is 0 Å². The van der Waals surface area contributed by atoms with E-state index in [2.05, 4.69) is 5.32 Å². The van der Waals surface area contributed by atoms with Crippen LogP contribution >= 0.6 is 11.8 Å². The van der Waals surface area contributed by atoms with Crippen LogP contribution in [0.25, 0.3) is 12.2 Å². The van der Waals surface area contributed by atoms with Crippen LogP contribution in [0.3, 0.4) is 0 Å². The Morgan fingerprint density at radius 2 is 1.35 bits per heavy atom. The van der Waals surface area contributed by atoms with Gasteiger partial charge in [-0.05, 0) is 86.7 Å². The molecule has 0 fully saturated rings. The maximum Gasteiger partial charge on any atom is 0.408 e. The first-order valence-electron chi connectivity index (χ1n) is 13.1. The number of thioether (sulfide) groups is 1. The molecule has 12 heteroatoms. The van der Waals surface area contributed by atoms with E-state index in [-0.39, 0.29) is 29.5 Å². The van der Waals surface area contributed by atoms with Gasteiger partial charge in [0.1, 0.15) is 11.6 Å². The minimum atomic E-state index is -1.04. The van der Waals surface area contributed by atoms with Crippen molar-refractivity contribution in [1.29, 1.82) is 0 Å². The van der Waals surface area contributed by atoms with Gasteiger partial charge >= 0.3 is 12.1 Å². The van der Waals surface area contributed by atoms with E-state index in [9.17, 15) is 29.4 Å². The van der Waals surface area contributed by atoms with Crippen LogP contribution in [0.5, 0.6) is 23.0 Å². The quantitative estimate of drug-likeness (QED) is 0.175. The molecule has 2 aromatic rings. The molecule has 0 radical (unpaired) electrons. The average Bonchev–Trinajstić information content (AvgIpc) is 2.93.